The molecule has 1 amide bonds. The normalized spacial score (nSPS) is 23.6. The van der Waals surface area contributed by atoms with Crippen LogP contribution in [0, 0.1) is 17.2 Å². The lowest BCUT2D eigenvalue weighted by molar-refractivity contribution is -0.919. The fourth-order valence-electron chi connectivity index (χ4n) is 2.63. The van der Waals surface area contributed by atoms with E-state index in [4.69, 9.17) is 5.26 Å². The lowest BCUT2D eigenvalue weighted by atomic mass is 9.98. The van der Waals surface area contributed by atoms with E-state index in [-0.39, 0.29) is 11.9 Å². The van der Waals surface area contributed by atoms with Gasteiger partial charge in [-0.05, 0) is 49.9 Å². The standard InChI is InChI=1S/C16H21N3O/c1-12-7-9-19(10-8-12)13(2)16(20)18-15-5-3-14(11-17)4-6-15/h3-6,12-13H,7-10H2,1-2H3,(H,18,20)/p+1/t13-/m1/s1. The van der Waals surface area contributed by atoms with Crippen LogP contribution in [-0.4, -0.2) is 25.0 Å². The zero-order chi connectivity index (χ0) is 14.5. The molecule has 20 heavy (non-hydrogen) atoms. The summed E-state index contributed by atoms with van der Waals surface area (Å²) in [5.41, 5.74) is 1.36. The monoisotopic (exact) mass is 272 g/mol. The van der Waals surface area contributed by atoms with Crippen LogP contribution in [-0.2, 0) is 4.79 Å². The summed E-state index contributed by atoms with van der Waals surface area (Å²) in [5, 5.41) is 11.7. The third-order valence-electron chi connectivity index (χ3n) is 4.20. The molecule has 2 N–H and O–H groups in total. The molecule has 1 saturated heterocycles. The second-order valence-corrected chi connectivity index (χ2v) is 5.74. The Bertz CT molecular complexity index is 495. The van der Waals surface area contributed by atoms with E-state index >= 15 is 0 Å². The number of carbonyl (C=O) groups excluding carboxylic acids is 1. The number of anilines is 1. The van der Waals surface area contributed by atoms with Gasteiger partial charge < -0.3 is 10.2 Å². The van der Waals surface area contributed by atoms with E-state index in [2.05, 4.69) is 18.3 Å². The van der Waals surface area contributed by atoms with E-state index in [9.17, 15) is 4.79 Å². The quantitative estimate of drug-likeness (QED) is 0.868. The number of nitrogens with one attached hydrogen (secondary N) is 2. The molecule has 0 aliphatic carbocycles. The highest BCUT2D eigenvalue weighted by Gasteiger charge is 2.28. The van der Waals surface area contributed by atoms with E-state index < -0.39 is 0 Å². The molecule has 1 fully saturated rings. The summed E-state index contributed by atoms with van der Waals surface area (Å²) >= 11 is 0. The average molecular weight is 272 g/mol. The van der Waals surface area contributed by atoms with Crippen molar-refractivity contribution in [2.24, 2.45) is 5.92 Å². The third-order valence-corrected chi connectivity index (χ3v) is 4.20. The Hall–Kier alpha value is -1.86. The van der Waals surface area contributed by atoms with Gasteiger partial charge >= 0.3 is 0 Å². The van der Waals surface area contributed by atoms with Crippen LogP contribution in [0.3, 0.4) is 0 Å². The molecule has 1 atom stereocenters. The first kappa shape index (κ1) is 14.5. The predicted molar refractivity (Wildman–Crippen MR) is 78.3 cm³/mol. The van der Waals surface area contributed by atoms with Gasteiger partial charge in [-0.1, -0.05) is 6.92 Å². The molecular weight excluding hydrogens is 250 g/mol. The molecule has 0 unspecified atom stereocenters. The van der Waals surface area contributed by atoms with Crippen LogP contribution >= 0.6 is 0 Å². The molecule has 1 aliphatic rings. The number of quaternary nitrogens is 1. The topological polar surface area (TPSA) is 57.3 Å². The van der Waals surface area contributed by atoms with Crippen molar-refractivity contribution in [2.75, 3.05) is 18.4 Å². The summed E-state index contributed by atoms with van der Waals surface area (Å²) < 4.78 is 0. The van der Waals surface area contributed by atoms with Crippen molar-refractivity contribution in [1.29, 1.82) is 5.26 Å². The van der Waals surface area contributed by atoms with Crippen molar-refractivity contribution in [3.63, 3.8) is 0 Å². The lowest BCUT2D eigenvalue weighted by Crippen LogP contribution is -3.17. The second-order valence-electron chi connectivity index (χ2n) is 5.74. The van der Waals surface area contributed by atoms with Gasteiger partial charge in [-0.3, -0.25) is 4.79 Å². The second kappa shape index (κ2) is 6.53. The van der Waals surface area contributed by atoms with E-state index in [1.54, 1.807) is 24.3 Å². The highest BCUT2D eigenvalue weighted by molar-refractivity contribution is 5.93. The first-order valence-corrected chi connectivity index (χ1v) is 7.25. The fraction of sp³-hybridized carbons (Fsp3) is 0.500. The minimum absolute atomic E-state index is 0.0295. The van der Waals surface area contributed by atoms with Crippen molar-refractivity contribution in [2.45, 2.75) is 32.7 Å². The van der Waals surface area contributed by atoms with Crippen LogP contribution in [0.15, 0.2) is 24.3 Å². The van der Waals surface area contributed by atoms with E-state index in [1.165, 1.54) is 17.7 Å². The molecular formula is C16H22N3O+. The number of hydrogen-bond acceptors (Lipinski definition) is 2. The van der Waals surface area contributed by atoms with Crippen LogP contribution in [0.2, 0.25) is 0 Å². The van der Waals surface area contributed by atoms with Gasteiger partial charge in [-0.25, -0.2) is 0 Å². The first-order valence-electron chi connectivity index (χ1n) is 7.25. The van der Waals surface area contributed by atoms with Crippen molar-refractivity contribution in [3.05, 3.63) is 29.8 Å². The van der Waals surface area contributed by atoms with E-state index in [0.717, 1.165) is 24.7 Å². The van der Waals surface area contributed by atoms with Gasteiger partial charge in [-0.2, -0.15) is 5.26 Å². The van der Waals surface area contributed by atoms with Gasteiger partial charge in [0.15, 0.2) is 6.04 Å². The van der Waals surface area contributed by atoms with Crippen molar-refractivity contribution in [1.82, 2.24) is 0 Å². The molecule has 0 spiro atoms. The largest absolute Gasteiger partial charge is 0.325 e. The maximum Gasteiger partial charge on any atom is 0.282 e. The van der Waals surface area contributed by atoms with Crippen LogP contribution in [0.5, 0.6) is 0 Å². The van der Waals surface area contributed by atoms with Gasteiger partial charge in [-0.15, -0.1) is 0 Å². The van der Waals surface area contributed by atoms with Crippen LogP contribution in [0.4, 0.5) is 5.69 Å². The number of piperidine rings is 1. The van der Waals surface area contributed by atoms with E-state index in [0.29, 0.717) is 5.56 Å². The summed E-state index contributed by atoms with van der Waals surface area (Å²) in [6.45, 7) is 6.41. The van der Waals surface area contributed by atoms with Gasteiger partial charge in [0.05, 0.1) is 24.7 Å². The minimum atomic E-state index is -0.0295. The fourth-order valence-corrected chi connectivity index (χ4v) is 2.63. The van der Waals surface area contributed by atoms with Gasteiger partial charge in [0.2, 0.25) is 0 Å². The highest BCUT2D eigenvalue weighted by atomic mass is 16.2. The summed E-state index contributed by atoms with van der Waals surface area (Å²) in [4.78, 5) is 13.6. The first-order chi connectivity index (χ1) is 9.60. The highest BCUT2D eigenvalue weighted by Crippen LogP contribution is 2.10. The van der Waals surface area contributed by atoms with Crippen molar-refractivity contribution >= 4 is 11.6 Å². The lowest BCUT2D eigenvalue weighted by Gasteiger charge is -2.31. The summed E-state index contributed by atoms with van der Waals surface area (Å²) in [5.74, 6) is 0.840. The van der Waals surface area contributed by atoms with Crippen LogP contribution < -0.4 is 10.2 Å². The number of amides is 1. The van der Waals surface area contributed by atoms with Gasteiger partial charge in [0, 0.05) is 5.69 Å². The molecule has 4 nitrogen and oxygen atoms in total. The Labute approximate surface area is 120 Å². The molecule has 1 heterocycles. The van der Waals surface area contributed by atoms with Crippen molar-refractivity contribution < 1.29 is 9.69 Å². The minimum Gasteiger partial charge on any atom is -0.325 e. The number of benzene rings is 1. The summed E-state index contributed by atoms with van der Waals surface area (Å²) in [6, 6.07) is 9.02. The van der Waals surface area contributed by atoms with Crippen molar-refractivity contribution in [3.8, 4) is 6.07 Å². The molecule has 0 radical (unpaired) electrons. The molecule has 106 valence electrons. The third kappa shape index (κ3) is 3.58. The molecule has 4 heteroatoms. The van der Waals surface area contributed by atoms with E-state index in [1.807, 2.05) is 6.92 Å². The summed E-state index contributed by atoms with van der Waals surface area (Å²) in [7, 11) is 0. The van der Waals surface area contributed by atoms with Crippen LogP contribution in [0.1, 0.15) is 32.3 Å². The molecule has 0 bridgehead atoms. The van der Waals surface area contributed by atoms with Crippen LogP contribution in [0.25, 0.3) is 0 Å². The Morgan fingerprint density at radius 3 is 2.50 bits per heavy atom. The SMILES string of the molecule is CC1CC[NH+]([C@H](C)C(=O)Nc2ccc(C#N)cc2)CC1. The van der Waals surface area contributed by atoms with Gasteiger partial charge in [0.25, 0.3) is 5.91 Å². The molecule has 1 aromatic carbocycles. The predicted octanol–water partition coefficient (Wildman–Crippen LogP) is 1.20. The summed E-state index contributed by atoms with van der Waals surface area (Å²) in [6.07, 6.45) is 2.40. The smallest absolute Gasteiger partial charge is 0.282 e. The zero-order valence-electron chi connectivity index (χ0n) is 12.1. The Morgan fingerprint density at radius 1 is 1.35 bits per heavy atom. The Morgan fingerprint density at radius 2 is 1.95 bits per heavy atom. The Kier molecular flexibility index (Phi) is 4.75. The number of hydrogen-bond donors (Lipinski definition) is 2. The maximum absolute atomic E-state index is 12.3. The molecule has 1 aliphatic heterocycles. The zero-order valence-corrected chi connectivity index (χ0v) is 12.1. The molecule has 1 aromatic rings. The molecule has 0 saturated carbocycles. The number of nitrogens with zero attached hydrogens (tertiary/aromatic N) is 1. The molecule has 2 rings (SSSR count). The average Bonchev–Trinajstić information content (AvgIpc) is 2.48. The maximum atomic E-state index is 12.3. The number of likely N-dealkylation sites (tertiary alicyclic amines) is 1. The number of carbonyl (C=O) groups is 1. The van der Waals surface area contributed by atoms with Gasteiger partial charge in [0.1, 0.15) is 0 Å². The Balaban J connectivity index is 1.91. The molecule has 0 aromatic heterocycles. The number of rotatable bonds is 3. The number of nitriles is 1.